The number of nitrogens with one attached hydrogen (secondary N) is 1. The highest BCUT2D eigenvalue weighted by atomic mass is 16.5. The number of likely N-dealkylation sites (N-methyl/N-ethyl adjacent to an activating group) is 1. The van der Waals surface area contributed by atoms with Gasteiger partial charge in [0.15, 0.2) is 0 Å². The van der Waals surface area contributed by atoms with Crippen molar-refractivity contribution in [2.45, 2.75) is 19.9 Å². The van der Waals surface area contributed by atoms with Crippen molar-refractivity contribution in [3.05, 3.63) is 69.6 Å². The number of H-pyrrole nitrogens is 1. The first-order valence-electron chi connectivity index (χ1n) is 8.33. The number of aryl methyl sites for hydroxylation is 1. The Morgan fingerprint density at radius 2 is 1.92 bits per heavy atom. The predicted molar refractivity (Wildman–Crippen MR) is 100 cm³/mol. The molecule has 1 N–H and O–H groups in total. The van der Waals surface area contributed by atoms with Gasteiger partial charge in [0, 0.05) is 24.5 Å². The number of carbonyl (C=O) groups excluding carboxylic acids is 1. The first-order valence-corrected chi connectivity index (χ1v) is 8.33. The minimum absolute atomic E-state index is 0.0849. The van der Waals surface area contributed by atoms with Gasteiger partial charge in [-0.3, -0.25) is 9.59 Å². The van der Waals surface area contributed by atoms with E-state index in [1.54, 1.807) is 31.2 Å². The highest BCUT2D eigenvalue weighted by Crippen LogP contribution is 2.21. The molecule has 0 aliphatic heterocycles. The van der Waals surface area contributed by atoms with Crippen LogP contribution in [0.5, 0.6) is 5.75 Å². The average molecular weight is 351 g/mol. The number of rotatable bonds is 5. The van der Waals surface area contributed by atoms with Gasteiger partial charge in [0.25, 0.3) is 5.56 Å². The Hall–Kier alpha value is -3.15. The second-order valence-corrected chi connectivity index (χ2v) is 6.29. The standard InChI is InChI=1S/C20H21N3O3/c1-13-8-9-18(26-3)14(10-13)12-23(2)19(24)11-17-15-6-4-5-7-16(15)20(25)22-21-17/h4-10H,11-12H2,1-3H3,(H,22,25). The van der Waals surface area contributed by atoms with Crippen LogP contribution in [0.1, 0.15) is 16.8 Å². The van der Waals surface area contributed by atoms with Crippen LogP contribution in [0, 0.1) is 6.92 Å². The Kier molecular flexibility index (Phi) is 5.02. The molecule has 6 heteroatoms. The first-order chi connectivity index (χ1) is 12.5. The van der Waals surface area contributed by atoms with Gasteiger partial charge in [-0.25, -0.2) is 5.10 Å². The van der Waals surface area contributed by atoms with Crippen molar-refractivity contribution in [3.8, 4) is 5.75 Å². The molecule has 0 bridgehead atoms. The molecular weight excluding hydrogens is 330 g/mol. The molecule has 1 heterocycles. The maximum Gasteiger partial charge on any atom is 0.272 e. The molecule has 1 aromatic heterocycles. The molecule has 1 amide bonds. The predicted octanol–water partition coefficient (Wildman–Crippen LogP) is 2.44. The fourth-order valence-electron chi connectivity index (χ4n) is 2.96. The van der Waals surface area contributed by atoms with Gasteiger partial charge in [-0.1, -0.05) is 35.9 Å². The SMILES string of the molecule is COc1ccc(C)cc1CN(C)C(=O)Cc1n[nH]c(=O)c2ccccc12. The van der Waals surface area contributed by atoms with Crippen molar-refractivity contribution >= 4 is 16.7 Å². The van der Waals surface area contributed by atoms with Crippen molar-refractivity contribution in [1.82, 2.24) is 15.1 Å². The number of methoxy groups -OCH3 is 1. The van der Waals surface area contributed by atoms with Crippen LogP contribution in [0.2, 0.25) is 0 Å². The van der Waals surface area contributed by atoms with E-state index in [-0.39, 0.29) is 17.9 Å². The Morgan fingerprint density at radius 3 is 2.65 bits per heavy atom. The highest BCUT2D eigenvalue weighted by molar-refractivity contribution is 5.88. The lowest BCUT2D eigenvalue weighted by Gasteiger charge is -2.19. The van der Waals surface area contributed by atoms with Gasteiger partial charge < -0.3 is 9.64 Å². The fraction of sp³-hybridized carbons (Fsp3) is 0.250. The quantitative estimate of drug-likeness (QED) is 0.766. The van der Waals surface area contributed by atoms with Gasteiger partial charge in [-0.05, 0) is 19.1 Å². The largest absolute Gasteiger partial charge is 0.496 e. The molecule has 0 radical (unpaired) electrons. The van der Waals surface area contributed by atoms with Gasteiger partial charge in [-0.2, -0.15) is 5.10 Å². The normalized spacial score (nSPS) is 10.7. The summed E-state index contributed by atoms with van der Waals surface area (Å²) in [4.78, 5) is 26.2. The minimum Gasteiger partial charge on any atom is -0.496 e. The Morgan fingerprint density at radius 1 is 1.19 bits per heavy atom. The Labute approximate surface area is 151 Å². The molecule has 0 saturated carbocycles. The maximum atomic E-state index is 12.7. The molecule has 0 aliphatic rings. The van der Waals surface area contributed by atoms with E-state index in [0.717, 1.165) is 16.9 Å². The summed E-state index contributed by atoms with van der Waals surface area (Å²) in [5, 5.41) is 7.78. The van der Waals surface area contributed by atoms with Gasteiger partial charge in [0.2, 0.25) is 5.91 Å². The van der Waals surface area contributed by atoms with Gasteiger partial charge in [0.05, 0.1) is 24.6 Å². The van der Waals surface area contributed by atoms with Crippen LogP contribution in [0.4, 0.5) is 0 Å². The van der Waals surface area contributed by atoms with E-state index >= 15 is 0 Å². The third-order valence-corrected chi connectivity index (χ3v) is 4.36. The number of fused-ring (bicyclic) bond motifs is 1. The lowest BCUT2D eigenvalue weighted by atomic mass is 10.1. The Balaban J connectivity index is 1.82. The van der Waals surface area contributed by atoms with E-state index in [2.05, 4.69) is 10.2 Å². The first kappa shape index (κ1) is 17.7. The van der Waals surface area contributed by atoms with Crippen molar-refractivity contribution in [3.63, 3.8) is 0 Å². The minimum atomic E-state index is -0.255. The van der Waals surface area contributed by atoms with E-state index in [4.69, 9.17) is 4.74 Å². The second-order valence-electron chi connectivity index (χ2n) is 6.29. The average Bonchev–Trinajstić information content (AvgIpc) is 2.64. The van der Waals surface area contributed by atoms with Gasteiger partial charge >= 0.3 is 0 Å². The molecule has 0 saturated heterocycles. The zero-order chi connectivity index (χ0) is 18.7. The topological polar surface area (TPSA) is 75.3 Å². The molecule has 0 unspecified atom stereocenters. The summed E-state index contributed by atoms with van der Waals surface area (Å²) >= 11 is 0. The molecular formula is C20H21N3O3. The number of aromatic nitrogens is 2. The van der Waals surface area contributed by atoms with Crippen molar-refractivity contribution in [2.75, 3.05) is 14.2 Å². The smallest absolute Gasteiger partial charge is 0.272 e. The molecule has 6 nitrogen and oxygen atoms in total. The van der Waals surface area contributed by atoms with Crippen molar-refractivity contribution in [1.29, 1.82) is 0 Å². The summed E-state index contributed by atoms with van der Waals surface area (Å²) in [6.07, 6.45) is 0.113. The van der Waals surface area contributed by atoms with Crippen LogP contribution >= 0.6 is 0 Å². The number of aromatic amines is 1. The van der Waals surface area contributed by atoms with Crippen LogP contribution < -0.4 is 10.3 Å². The molecule has 3 rings (SSSR count). The summed E-state index contributed by atoms with van der Waals surface area (Å²) in [5.74, 6) is 0.668. The van der Waals surface area contributed by atoms with E-state index < -0.39 is 0 Å². The van der Waals surface area contributed by atoms with E-state index in [0.29, 0.717) is 23.0 Å². The Bertz CT molecular complexity index is 1010. The lowest BCUT2D eigenvalue weighted by molar-refractivity contribution is -0.129. The lowest BCUT2D eigenvalue weighted by Crippen LogP contribution is -2.28. The molecule has 3 aromatic rings. The summed E-state index contributed by atoms with van der Waals surface area (Å²) in [6, 6.07) is 13.0. The second kappa shape index (κ2) is 7.39. The van der Waals surface area contributed by atoms with Crippen molar-refractivity contribution < 1.29 is 9.53 Å². The zero-order valence-corrected chi connectivity index (χ0v) is 15.1. The van der Waals surface area contributed by atoms with Crippen LogP contribution in [0.15, 0.2) is 47.3 Å². The van der Waals surface area contributed by atoms with Crippen LogP contribution in [0.25, 0.3) is 10.8 Å². The van der Waals surface area contributed by atoms with Crippen molar-refractivity contribution in [2.24, 2.45) is 0 Å². The molecule has 26 heavy (non-hydrogen) atoms. The molecule has 134 valence electrons. The number of hydrogen-bond acceptors (Lipinski definition) is 4. The van der Waals surface area contributed by atoms with E-state index in [1.165, 1.54) is 0 Å². The van der Waals surface area contributed by atoms with Crippen LogP contribution in [-0.4, -0.2) is 35.2 Å². The fourth-order valence-corrected chi connectivity index (χ4v) is 2.96. The summed E-state index contributed by atoms with van der Waals surface area (Å²) in [6.45, 7) is 2.44. The third kappa shape index (κ3) is 3.59. The van der Waals surface area contributed by atoms with Gasteiger partial charge in [0.1, 0.15) is 5.75 Å². The number of ether oxygens (including phenoxy) is 1. The molecule has 2 aromatic carbocycles. The summed E-state index contributed by atoms with van der Waals surface area (Å²) in [7, 11) is 3.37. The number of carbonyl (C=O) groups is 1. The highest BCUT2D eigenvalue weighted by Gasteiger charge is 2.16. The third-order valence-electron chi connectivity index (χ3n) is 4.36. The van der Waals surface area contributed by atoms with E-state index in [1.807, 2.05) is 37.3 Å². The van der Waals surface area contributed by atoms with E-state index in [9.17, 15) is 9.59 Å². The van der Waals surface area contributed by atoms with Crippen LogP contribution in [0.3, 0.4) is 0 Å². The number of nitrogens with zero attached hydrogens (tertiary/aromatic N) is 2. The van der Waals surface area contributed by atoms with Crippen LogP contribution in [-0.2, 0) is 17.8 Å². The number of amides is 1. The van der Waals surface area contributed by atoms with Gasteiger partial charge in [-0.15, -0.1) is 0 Å². The molecule has 0 spiro atoms. The monoisotopic (exact) mass is 351 g/mol. The molecule has 0 fully saturated rings. The molecule has 0 atom stereocenters. The zero-order valence-electron chi connectivity index (χ0n) is 15.1. The summed E-state index contributed by atoms with van der Waals surface area (Å²) in [5.41, 5.74) is 2.36. The number of benzene rings is 2. The maximum absolute atomic E-state index is 12.7. The molecule has 0 aliphatic carbocycles. The number of hydrogen-bond donors (Lipinski definition) is 1. The summed E-state index contributed by atoms with van der Waals surface area (Å²) < 4.78 is 5.38.